The topological polar surface area (TPSA) is 95.9 Å². The maximum absolute atomic E-state index is 12.5. The number of aliphatic hydroxyl groups excluding tert-OH is 2. The van der Waals surface area contributed by atoms with Crippen LogP contribution in [0.3, 0.4) is 0 Å². The molecule has 0 saturated heterocycles. The first-order valence-corrected chi connectivity index (χ1v) is 36.2. The summed E-state index contributed by atoms with van der Waals surface area (Å²) in [5, 5.41) is 23.4. The zero-order chi connectivity index (χ0) is 57.8. The average molecular weight is 1120 g/mol. The molecule has 2 atom stereocenters. The van der Waals surface area contributed by atoms with Crippen LogP contribution in [-0.4, -0.2) is 47.4 Å². The summed E-state index contributed by atoms with van der Waals surface area (Å²) in [6, 6.07) is -0.551. The molecule has 0 saturated carbocycles. The molecule has 0 fully saturated rings. The van der Waals surface area contributed by atoms with Gasteiger partial charge in [-0.1, -0.05) is 339 Å². The molecule has 1 amide bonds. The molecule has 2 unspecified atom stereocenters. The van der Waals surface area contributed by atoms with Crippen molar-refractivity contribution >= 4 is 11.9 Å². The van der Waals surface area contributed by atoms with Gasteiger partial charge in [0.1, 0.15) is 0 Å². The van der Waals surface area contributed by atoms with Crippen LogP contribution in [0.5, 0.6) is 0 Å². The largest absolute Gasteiger partial charge is 0.466 e. The highest BCUT2D eigenvalue weighted by molar-refractivity contribution is 5.76. The van der Waals surface area contributed by atoms with Gasteiger partial charge in [-0.15, -0.1) is 0 Å². The van der Waals surface area contributed by atoms with Crippen molar-refractivity contribution in [3.8, 4) is 0 Å². The van der Waals surface area contributed by atoms with Gasteiger partial charge in [-0.2, -0.15) is 0 Å². The minimum Gasteiger partial charge on any atom is -0.466 e. The van der Waals surface area contributed by atoms with E-state index in [1.54, 1.807) is 0 Å². The second-order valence-electron chi connectivity index (χ2n) is 24.9. The summed E-state index contributed by atoms with van der Waals surface area (Å²) in [5.41, 5.74) is 0. The van der Waals surface area contributed by atoms with Crippen molar-refractivity contribution in [1.29, 1.82) is 0 Å². The van der Waals surface area contributed by atoms with Crippen LogP contribution in [0, 0.1) is 0 Å². The number of carbonyl (C=O) groups excluding carboxylic acids is 2. The van der Waals surface area contributed by atoms with E-state index in [0.717, 1.165) is 57.8 Å². The fourth-order valence-electron chi connectivity index (χ4n) is 11.4. The molecule has 0 aliphatic rings. The predicted octanol–water partition coefficient (Wildman–Crippen LogP) is 23.5. The normalized spacial score (nSPS) is 12.7. The number of allylic oxidation sites excluding steroid dienone is 6. The molecule has 6 heteroatoms. The molecule has 0 heterocycles. The Morgan fingerprint density at radius 2 is 0.625 bits per heavy atom. The van der Waals surface area contributed by atoms with Gasteiger partial charge in [-0.3, -0.25) is 9.59 Å². The van der Waals surface area contributed by atoms with E-state index in [4.69, 9.17) is 4.74 Å². The second-order valence-corrected chi connectivity index (χ2v) is 24.9. The van der Waals surface area contributed by atoms with Crippen LogP contribution in [0.1, 0.15) is 399 Å². The SMILES string of the molecule is CCCCCCCCC/C=C\CCCCCCCCCC(=O)OCCCCCCCCCCC/C=C\C/C=C\CCCCCCCCCC(=O)NC(CO)C(O)CCCCCCCCCCCCCCCCCCCCCCCC. The van der Waals surface area contributed by atoms with Crippen molar-refractivity contribution in [1.82, 2.24) is 5.32 Å². The Morgan fingerprint density at radius 3 is 0.963 bits per heavy atom. The van der Waals surface area contributed by atoms with Crippen molar-refractivity contribution in [2.24, 2.45) is 0 Å². The molecular weight excluding hydrogens is 983 g/mol. The number of rotatable bonds is 68. The van der Waals surface area contributed by atoms with Crippen molar-refractivity contribution < 1.29 is 24.5 Å². The summed E-state index contributed by atoms with van der Waals surface area (Å²) in [4.78, 5) is 24.7. The van der Waals surface area contributed by atoms with Crippen molar-refractivity contribution in [2.45, 2.75) is 411 Å². The van der Waals surface area contributed by atoms with Crippen LogP contribution in [-0.2, 0) is 14.3 Å². The highest BCUT2D eigenvalue weighted by Gasteiger charge is 2.20. The molecule has 0 rings (SSSR count). The maximum atomic E-state index is 12.5. The van der Waals surface area contributed by atoms with E-state index in [-0.39, 0.29) is 18.5 Å². The molecule has 6 nitrogen and oxygen atoms in total. The predicted molar refractivity (Wildman–Crippen MR) is 352 cm³/mol. The van der Waals surface area contributed by atoms with Gasteiger partial charge in [-0.05, 0) is 83.5 Å². The number of nitrogens with one attached hydrogen (secondary N) is 1. The van der Waals surface area contributed by atoms with E-state index < -0.39 is 12.1 Å². The highest BCUT2D eigenvalue weighted by atomic mass is 16.5. The molecule has 472 valence electrons. The summed E-state index contributed by atoms with van der Waals surface area (Å²) < 4.78 is 5.50. The first-order chi connectivity index (χ1) is 39.5. The number of esters is 1. The van der Waals surface area contributed by atoms with Gasteiger partial charge in [0.25, 0.3) is 0 Å². The first-order valence-electron chi connectivity index (χ1n) is 36.2. The number of aliphatic hydroxyl groups is 2. The highest BCUT2D eigenvalue weighted by Crippen LogP contribution is 2.19. The summed E-state index contributed by atoms with van der Waals surface area (Å²) >= 11 is 0. The Hall–Kier alpha value is -1.92. The third kappa shape index (κ3) is 65.2. The van der Waals surface area contributed by atoms with E-state index in [1.807, 2.05) is 0 Å². The lowest BCUT2D eigenvalue weighted by atomic mass is 10.0. The summed E-state index contributed by atoms with van der Waals surface area (Å²) in [6.07, 6.45) is 89.0. The number of unbranched alkanes of at least 4 members (excludes halogenated alkanes) is 51. The zero-order valence-corrected chi connectivity index (χ0v) is 54.1. The molecule has 3 N–H and O–H groups in total. The fourth-order valence-corrected chi connectivity index (χ4v) is 11.4. The lowest BCUT2D eigenvalue weighted by molar-refractivity contribution is -0.143. The third-order valence-corrected chi connectivity index (χ3v) is 16.9. The Labute approximate surface area is 500 Å². The fraction of sp³-hybridized carbons (Fsp3) is 0.892. The van der Waals surface area contributed by atoms with Crippen LogP contribution in [0.15, 0.2) is 36.5 Å². The average Bonchev–Trinajstić information content (AvgIpc) is 3.46. The van der Waals surface area contributed by atoms with Gasteiger partial charge < -0.3 is 20.3 Å². The number of hydrogen-bond acceptors (Lipinski definition) is 5. The molecule has 0 aromatic heterocycles. The quantitative estimate of drug-likeness (QED) is 0.0320. The summed E-state index contributed by atoms with van der Waals surface area (Å²) in [7, 11) is 0. The Morgan fingerprint density at radius 1 is 0.350 bits per heavy atom. The first kappa shape index (κ1) is 78.1. The van der Waals surface area contributed by atoms with Crippen LogP contribution >= 0.6 is 0 Å². The van der Waals surface area contributed by atoms with E-state index in [1.165, 1.54) is 308 Å². The van der Waals surface area contributed by atoms with Gasteiger partial charge in [0.05, 0.1) is 25.4 Å². The Bertz CT molecular complexity index is 1300. The van der Waals surface area contributed by atoms with Crippen LogP contribution in [0.4, 0.5) is 0 Å². The van der Waals surface area contributed by atoms with Gasteiger partial charge in [0, 0.05) is 12.8 Å². The van der Waals surface area contributed by atoms with Crippen LogP contribution in [0.2, 0.25) is 0 Å². The molecular formula is C74H141NO5. The van der Waals surface area contributed by atoms with E-state index >= 15 is 0 Å². The molecule has 0 spiro atoms. The van der Waals surface area contributed by atoms with Crippen molar-refractivity contribution in [2.75, 3.05) is 13.2 Å². The molecule has 0 aromatic carbocycles. The lowest BCUT2D eigenvalue weighted by Crippen LogP contribution is -2.45. The van der Waals surface area contributed by atoms with Gasteiger partial charge in [0.15, 0.2) is 0 Å². The minimum atomic E-state index is -0.673. The molecule has 0 bridgehead atoms. The Balaban J connectivity index is 3.44. The van der Waals surface area contributed by atoms with Gasteiger partial charge in [-0.25, -0.2) is 0 Å². The zero-order valence-electron chi connectivity index (χ0n) is 54.1. The van der Waals surface area contributed by atoms with Crippen LogP contribution in [0.25, 0.3) is 0 Å². The number of hydrogen-bond donors (Lipinski definition) is 3. The molecule has 0 radical (unpaired) electrons. The Kier molecular flexibility index (Phi) is 67.9. The number of carbonyl (C=O) groups is 2. The van der Waals surface area contributed by atoms with Crippen molar-refractivity contribution in [3.05, 3.63) is 36.5 Å². The van der Waals surface area contributed by atoms with E-state index in [9.17, 15) is 19.8 Å². The monoisotopic (exact) mass is 1120 g/mol. The second kappa shape index (κ2) is 69.6. The molecule has 80 heavy (non-hydrogen) atoms. The molecule has 0 aliphatic heterocycles. The van der Waals surface area contributed by atoms with Gasteiger partial charge in [0.2, 0.25) is 5.91 Å². The lowest BCUT2D eigenvalue weighted by Gasteiger charge is -2.22. The van der Waals surface area contributed by atoms with Crippen LogP contribution < -0.4 is 5.32 Å². The number of ether oxygens (including phenoxy) is 1. The number of amides is 1. The summed E-state index contributed by atoms with van der Waals surface area (Å²) in [6.45, 7) is 4.98. The van der Waals surface area contributed by atoms with Crippen molar-refractivity contribution in [3.63, 3.8) is 0 Å². The van der Waals surface area contributed by atoms with E-state index in [2.05, 4.69) is 55.6 Å². The smallest absolute Gasteiger partial charge is 0.305 e. The third-order valence-electron chi connectivity index (χ3n) is 16.9. The minimum absolute atomic E-state index is 0.00493. The summed E-state index contributed by atoms with van der Waals surface area (Å²) in [5.74, 6) is -0.0366. The van der Waals surface area contributed by atoms with Gasteiger partial charge >= 0.3 is 5.97 Å². The molecule has 0 aromatic rings. The molecule has 0 aliphatic carbocycles. The van der Waals surface area contributed by atoms with E-state index in [0.29, 0.717) is 25.9 Å². The standard InChI is InChI=1S/C74H141NO5/c1-3-5-7-9-11-13-15-17-19-21-23-24-28-31-34-38-42-46-50-54-58-62-66-72(77)71(70-76)75-73(78)67-63-59-55-51-47-43-39-35-32-29-26-25-27-30-33-37-41-45-49-53-57-61-65-69-80-74(79)68-64-60-56-52-48-44-40-36-22-20-18-16-14-12-10-8-6-4-2/h20,22,25,27,29,32,71-72,76-77H,3-19,21,23-24,26,28,30-31,33-70H2,1-2H3,(H,75,78)/b22-20-,27-25-,32-29-. The maximum Gasteiger partial charge on any atom is 0.305 e.